The van der Waals surface area contributed by atoms with E-state index < -0.39 is 0 Å². The Balaban J connectivity index is 1.14. The Morgan fingerprint density at radius 2 is 1.68 bits per heavy atom. The van der Waals surface area contributed by atoms with Gasteiger partial charge in [0.1, 0.15) is 18.2 Å². The number of hydrogen-bond donors (Lipinski definition) is 2. The molecule has 0 aromatic heterocycles. The van der Waals surface area contributed by atoms with Crippen LogP contribution in [0.3, 0.4) is 0 Å². The van der Waals surface area contributed by atoms with Gasteiger partial charge in [-0.2, -0.15) is 0 Å². The molecule has 200 valence electrons. The van der Waals surface area contributed by atoms with Crippen molar-refractivity contribution in [2.45, 2.75) is 70.6 Å². The second kappa shape index (κ2) is 12.9. The van der Waals surface area contributed by atoms with Gasteiger partial charge < -0.3 is 14.8 Å². The van der Waals surface area contributed by atoms with Gasteiger partial charge >= 0.3 is 6.09 Å². The highest BCUT2D eigenvalue weighted by molar-refractivity contribution is 5.68. The lowest BCUT2D eigenvalue weighted by atomic mass is 10.0. The van der Waals surface area contributed by atoms with E-state index in [-0.39, 0.29) is 24.7 Å². The Morgan fingerprint density at radius 3 is 2.47 bits per heavy atom. The molecule has 6 nitrogen and oxygen atoms in total. The third-order valence-electron chi connectivity index (χ3n) is 7.03. The van der Waals surface area contributed by atoms with Crippen molar-refractivity contribution in [1.82, 2.24) is 15.5 Å². The van der Waals surface area contributed by atoms with Gasteiger partial charge in [0.05, 0.1) is 12.3 Å². The molecule has 1 aliphatic heterocycles. The van der Waals surface area contributed by atoms with E-state index in [9.17, 15) is 9.18 Å². The summed E-state index contributed by atoms with van der Waals surface area (Å²) in [4.78, 5) is 14.6. The van der Waals surface area contributed by atoms with Crippen LogP contribution in [-0.2, 0) is 31.0 Å². The van der Waals surface area contributed by atoms with Crippen LogP contribution in [0.4, 0.5) is 9.18 Å². The van der Waals surface area contributed by atoms with E-state index in [0.29, 0.717) is 32.3 Å². The van der Waals surface area contributed by atoms with E-state index >= 15 is 0 Å². The molecule has 1 saturated carbocycles. The summed E-state index contributed by atoms with van der Waals surface area (Å²) in [5.74, 6) is 0.656. The van der Waals surface area contributed by atoms with Gasteiger partial charge in [-0.05, 0) is 78.6 Å². The molecule has 2 aliphatic rings. The van der Waals surface area contributed by atoms with Crippen LogP contribution in [0.25, 0.3) is 0 Å². The summed E-state index contributed by atoms with van der Waals surface area (Å²) in [7, 11) is 0. The Bertz CT molecular complexity index is 1180. The first-order valence-electron chi connectivity index (χ1n) is 13.6. The smallest absolute Gasteiger partial charge is 0.411 e. The molecule has 1 heterocycles. The van der Waals surface area contributed by atoms with Crippen molar-refractivity contribution >= 4 is 6.09 Å². The van der Waals surface area contributed by atoms with Crippen molar-refractivity contribution in [3.8, 4) is 5.75 Å². The van der Waals surface area contributed by atoms with Gasteiger partial charge in [0.25, 0.3) is 0 Å². The summed E-state index contributed by atoms with van der Waals surface area (Å²) in [6.07, 6.45) is 5.04. The first-order chi connectivity index (χ1) is 18.6. The summed E-state index contributed by atoms with van der Waals surface area (Å²) >= 11 is 0. The van der Waals surface area contributed by atoms with E-state index in [1.165, 1.54) is 11.6 Å². The van der Waals surface area contributed by atoms with Crippen molar-refractivity contribution in [2.75, 3.05) is 6.54 Å². The maximum atomic E-state index is 14.2. The average Bonchev–Trinajstić information content (AvgIpc) is 3.77. The molecule has 1 saturated heterocycles. The van der Waals surface area contributed by atoms with Crippen molar-refractivity contribution in [2.24, 2.45) is 0 Å². The van der Waals surface area contributed by atoms with Gasteiger partial charge in [-0.15, -0.1) is 0 Å². The van der Waals surface area contributed by atoms with Crippen molar-refractivity contribution in [1.29, 1.82) is 0 Å². The van der Waals surface area contributed by atoms with Crippen LogP contribution in [0.1, 0.15) is 54.4 Å². The minimum Gasteiger partial charge on any atom is -0.490 e. The van der Waals surface area contributed by atoms with Crippen LogP contribution in [0.5, 0.6) is 5.75 Å². The molecule has 1 atom stereocenters. The highest BCUT2D eigenvalue weighted by Crippen LogP contribution is 2.26. The average molecular weight is 518 g/mol. The zero-order valence-electron chi connectivity index (χ0n) is 21.7. The van der Waals surface area contributed by atoms with Gasteiger partial charge in [0.15, 0.2) is 0 Å². The molecule has 3 aromatic carbocycles. The lowest BCUT2D eigenvalue weighted by Crippen LogP contribution is -2.51. The van der Waals surface area contributed by atoms with Crippen LogP contribution in [0.2, 0.25) is 0 Å². The molecule has 1 amide bonds. The first kappa shape index (κ1) is 26.2. The number of benzene rings is 3. The molecule has 5 rings (SSSR count). The summed E-state index contributed by atoms with van der Waals surface area (Å²) in [5.41, 5.74) is 4.04. The van der Waals surface area contributed by atoms with E-state index in [4.69, 9.17) is 9.47 Å². The highest BCUT2D eigenvalue weighted by Gasteiger charge is 2.28. The SMILES string of the molecule is O=C(OCc1ccccc1)N1CCCCC1NCc1cc(F)ccc1CNCc1ccc(OC2CC2)cc1. The number of hydrogen-bond acceptors (Lipinski definition) is 5. The molecule has 0 radical (unpaired) electrons. The zero-order chi connectivity index (χ0) is 26.2. The minimum absolute atomic E-state index is 0.146. The highest BCUT2D eigenvalue weighted by atomic mass is 19.1. The van der Waals surface area contributed by atoms with E-state index in [2.05, 4.69) is 22.8 Å². The molecule has 2 fully saturated rings. The Hall–Kier alpha value is -3.42. The van der Waals surface area contributed by atoms with Gasteiger partial charge in [-0.3, -0.25) is 10.2 Å². The molecule has 1 aliphatic carbocycles. The number of rotatable bonds is 11. The van der Waals surface area contributed by atoms with Crippen LogP contribution < -0.4 is 15.4 Å². The third kappa shape index (κ3) is 7.55. The number of nitrogens with one attached hydrogen (secondary N) is 2. The van der Waals surface area contributed by atoms with E-state index in [0.717, 1.165) is 54.5 Å². The van der Waals surface area contributed by atoms with E-state index in [1.54, 1.807) is 11.0 Å². The number of amides is 1. The topological polar surface area (TPSA) is 62.8 Å². The molecule has 7 heteroatoms. The van der Waals surface area contributed by atoms with Gasteiger partial charge in [-0.25, -0.2) is 9.18 Å². The monoisotopic (exact) mass is 517 g/mol. The summed E-state index contributed by atoms with van der Waals surface area (Å²) in [6, 6.07) is 22.8. The van der Waals surface area contributed by atoms with Crippen molar-refractivity contribution in [3.63, 3.8) is 0 Å². The standard InChI is InChI=1S/C31H36FN3O3/c32-27-12-11-25(20-33-19-23-9-13-28(14-10-23)38-29-15-16-29)26(18-27)21-34-30-8-4-5-17-35(30)31(36)37-22-24-6-2-1-3-7-24/h1-3,6-7,9-14,18,29-30,33-34H,4-5,8,15-17,19-22H2. The first-order valence-corrected chi connectivity index (χ1v) is 13.6. The number of carbonyl (C=O) groups is 1. The fourth-order valence-corrected chi connectivity index (χ4v) is 4.73. The maximum absolute atomic E-state index is 14.2. The summed E-state index contributed by atoms with van der Waals surface area (Å²) in [5, 5.41) is 6.96. The van der Waals surface area contributed by atoms with Gasteiger partial charge in [0, 0.05) is 26.2 Å². The predicted molar refractivity (Wildman–Crippen MR) is 145 cm³/mol. The lowest BCUT2D eigenvalue weighted by molar-refractivity contribution is 0.0588. The quantitative estimate of drug-likeness (QED) is 0.332. The predicted octanol–water partition coefficient (Wildman–Crippen LogP) is 5.90. The normalized spacial score (nSPS) is 17.3. The Labute approximate surface area is 224 Å². The zero-order valence-corrected chi connectivity index (χ0v) is 21.7. The van der Waals surface area contributed by atoms with Gasteiger partial charge in [-0.1, -0.05) is 48.5 Å². The second-order valence-electron chi connectivity index (χ2n) is 10.1. The molecule has 0 bridgehead atoms. The maximum Gasteiger partial charge on any atom is 0.411 e. The Morgan fingerprint density at radius 1 is 0.868 bits per heavy atom. The van der Waals surface area contributed by atoms with Crippen molar-refractivity contribution < 1.29 is 18.7 Å². The number of piperidine rings is 1. The number of carbonyl (C=O) groups excluding carboxylic acids is 1. The molecule has 1 unspecified atom stereocenters. The molecule has 2 N–H and O–H groups in total. The molecule has 3 aromatic rings. The van der Waals surface area contributed by atoms with Crippen molar-refractivity contribution in [3.05, 3.63) is 101 Å². The minimum atomic E-state index is -0.319. The fraction of sp³-hybridized carbons (Fsp3) is 0.387. The number of ether oxygens (including phenoxy) is 2. The molecule has 0 spiro atoms. The summed E-state index contributed by atoms with van der Waals surface area (Å²) in [6.45, 7) is 2.68. The second-order valence-corrected chi connectivity index (χ2v) is 10.1. The van der Waals surface area contributed by atoms with Crippen LogP contribution in [0, 0.1) is 5.82 Å². The van der Waals surface area contributed by atoms with Crippen LogP contribution in [-0.4, -0.2) is 29.8 Å². The number of nitrogens with zero attached hydrogens (tertiary/aromatic N) is 1. The van der Waals surface area contributed by atoms with Crippen LogP contribution >= 0.6 is 0 Å². The number of likely N-dealkylation sites (tertiary alicyclic amines) is 1. The lowest BCUT2D eigenvalue weighted by Gasteiger charge is -2.35. The molecule has 38 heavy (non-hydrogen) atoms. The van der Waals surface area contributed by atoms with E-state index in [1.807, 2.05) is 48.5 Å². The molecular weight excluding hydrogens is 481 g/mol. The Kier molecular flexibility index (Phi) is 8.89. The van der Waals surface area contributed by atoms with Crippen LogP contribution in [0.15, 0.2) is 72.8 Å². The summed E-state index contributed by atoms with van der Waals surface area (Å²) < 4.78 is 25.6. The largest absolute Gasteiger partial charge is 0.490 e. The van der Waals surface area contributed by atoms with Gasteiger partial charge in [0.2, 0.25) is 0 Å². The fourth-order valence-electron chi connectivity index (χ4n) is 4.73. The molecular formula is C31H36FN3O3. The third-order valence-corrected chi connectivity index (χ3v) is 7.03. The number of halogens is 1.